The number of rotatable bonds is 2. The molecule has 1 aromatic carbocycles. The van der Waals surface area contributed by atoms with E-state index in [4.69, 9.17) is 4.74 Å². The summed E-state index contributed by atoms with van der Waals surface area (Å²) in [4.78, 5) is 16.0. The Balaban J connectivity index is 1.77. The van der Waals surface area contributed by atoms with Gasteiger partial charge in [-0.3, -0.25) is 4.79 Å². The van der Waals surface area contributed by atoms with Gasteiger partial charge in [0.05, 0.1) is 15.7 Å². The third-order valence-electron chi connectivity index (χ3n) is 2.82. The van der Waals surface area contributed by atoms with Crippen molar-refractivity contribution in [3.63, 3.8) is 0 Å². The van der Waals surface area contributed by atoms with Crippen LogP contribution in [-0.2, 0) is 9.53 Å². The fraction of sp³-hybridized carbons (Fsp3) is 0.333. The molecule has 1 aliphatic rings. The molecule has 0 spiro atoms. The molecule has 1 saturated heterocycles. The van der Waals surface area contributed by atoms with Crippen molar-refractivity contribution in [1.29, 1.82) is 0 Å². The number of ether oxygens (including phenoxy) is 1. The highest BCUT2D eigenvalue weighted by Crippen LogP contribution is 2.22. The molecule has 0 aliphatic carbocycles. The van der Waals surface area contributed by atoms with Gasteiger partial charge in [0.15, 0.2) is 0 Å². The Labute approximate surface area is 103 Å². The Kier molecular flexibility index (Phi) is 2.78. The van der Waals surface area contributed by atoms with Gasteiger partial charge >= 0.3 is 0 Å². The van der Waals surface area contributed by atoms with Gasteiger partial charge in [0, 0.05) is 12.3 Å². The molecule has 2 heterocycles. The van der Waals surface area contributed by atoms with Crippen molar-refractivity contribution in [2.24, 2.45) is 0 Å². The van der Waals surface area contributed by atoms with Crippen LogP contribution in [0.3, 0.4) is 0 Å². The second-order valence-electron chi connectivity index (χ2n) is 4.03. The van der Waals surface area contributed by atoms with Crippen molar-refractivity contribution in [2.45, 2.75) is 18.9 Å². The summed E-state index contributed by atoms with van der Waals surface area (Å²) in [6.07, 6.45) is 1.49. The summed E-state index contributed by atoms with van der Waals surface area (Å²) in [5.41, 5.74) is 3.57. The molecule has 1 aromatic heterocycles. The average Bonchev–Trinajstić information content (AvgIpc) is 2.99. The largest absolute Gasteiger partial charge is 0.368 e. The van der Waals surface area contributed by atoms with Crippen LogP contribution >= 0.6 is 11.3 Å². The lowest BCUT2D eigenvalue weighted by atomic mass is 10.2. The molecule has 4 nitrogen and oxygen atoms in total. The molecule has 1 unspecified atom stereocenters. The number of amides is 1. The molecule has 5 heteroatoms. The summed E-state index contributed by atoms with van der Waals surface area (Å²) in [5.74, 6) is -0.0497. The Bertz CT molecular complexity index is 546. The lowest BCUT2D eigenvalue weighted by Gasteiger charge is -2.10. The van der Waals surface area contributed by atoms with E-state index < -0.39 is 0 Å². The summed E-state index contributed by atoms with van der Waals surface area (Å²) in [6.45, 7) is 0.686. The molecule has 17 heavy (non-hydrogen) atoms. The third kappa shape index (κ3) is 2.16. The van der Waals surface area contributed by atoms with Crippen LogP contribution in [0.25, 0.3) is 10.2 Å². The van der Waals surface area contributed by atoms with Crippen LogP contribution in [0.4, 0.5) is 5.69 Å². The second kappa shape index (κ2) is 4.43. The predicted octanol–water partition coefficient (Wildman–Crippen LogP) is 2.41. The Morgan fingerprint density at radius 3 is 3.29 bits per heavy atom. The minimum absolute atomic E-state index is 0.0497. The van der Waals surface area contributed by atoms with Crippen molar-refractivity contribution in [3.05, 3.63) is 23.7 Å². The summed E-state index contributed by atoms with van der Waals surface area (Å²) in [5, 5.41) is 2.88. The number of thiazole rings is 1. The number of anilines is 1. The van der Waals surface area contributed by atoms with E-state index in [0.717, 1.165) is 28.7 Å². The van der Waals surface area contributed by atoms with E-state index in [1.54, 1.807) is 16.8 Å². The summed E-state index contributed by atoms with van der Waals surface area (Å²) < 4.78 is 6.42. The smallest absolute Gasteiger partial charge is 0.253 e. The first-order chi connectivity index (χ1) is 8.33. The van der Waals surface area contributed by atoms with Gasteiger partial charge in [-0.05, 0) is 31.0 Å². The standard InChI is InChI=1S/C12H12N2O2S/c15-12(10-2-1-5-16-10)14-8-3-4-9-11(6-8)17-7-13-9/h3-4,6-7,10H,1-2,5H2,(H,14,15). The van der Waals surface area contributed by atoms with E-state index in [-0.39, 0.29) is 12.0 Å². The molecule has 88 valence electrons. The molecule has 1 amide bonds. The highest BCUT2D eigenvalue weighted by molar-refractivity contribution is 7.16. The number of carbonyl (C=O) groups excluding carboxylic acids is 1. The van der Waals surface area contributed by atoms with Crippen LogP contribution in [0.1, 0.15) is 12.8 Å². The zero-order chi connectivity index (χ0) is 11.7. The zero-order valence-electron chi connectivity index (χ0n) is 9.18. The average molecular weight is 248 g/mol. The summed E-state index contributed by atoms with van der Waals surface area (Å²) in [6, 6.07) is 5.73. The number of nitrogens with zero attached hydrogens (tertiary/aromatic N) is 1. The van der Waals surface area contributed by atoms with Crippen LogP contribution in [-0.4, -0.2) is 23.6 Å². The fourth-order valence-electron chi connectivity index (χ4n) is 1.94. The van der Waals surface area contributed by atoms with Gasteiger partial charge in [0.1, 0.15) is 6.10 Å². The van der Waals surface area contributed by atoms with Gasteiger partial charge in [-0.15, -0.1) is 11.3 Å². The lowest BCUT2D eigenvalue weighted by Crippen LogP contribution is -2.26. The van der Waals surface area contributed by atoms with Gasteiger partial charge in [0.25, 0.3) is 5.91 Å². The maximum absolute atomic E-state index is 11.8. The molecule has 2 aromatic rings. The van der Waals surface area contributed by atoms with Gasteiger partial charge in [-0.2, -0.15) is 0 Å². The summed E-state index contributed by atoms with van der Waals surface area (Å²) in [7, 11) is 0. The van der Waals surface area contributed by atoms with E-state index in [1.807, 2.05) is 18.2 Å². The van der Waals surface area contributed by atoms with E-state index in [9.17, 15) is 4.79 Å². The molecular weight excluding hydrogens is 236 g/mol. The van der Waals surface area contributed by atoms with Gasteiger partial charge in [-0.25, -0.2) is 4.98 Å². The summed E-state index contributed by atoms with van der Waals surface area (Å²) >= 11 is 1.57. The zero-order valence-corrected chi connectivity index (χ0v) is 10.00. The molecular formula is C12H12N2O2S. The topological polar surface area (TPSA) is 51.2 Å². The predicted molar refractivity (Wildman–Crippen MR) is 67.2 cm³/mol. The monoisotopic (exact) mass is 248 g/mol. The molecule has 0 radical (unpaired) electrons. The van der Waals surface area contributed by atoms with Gasteiger partial charge in [0.2, 0.25) is 0 Å². The van der Waals surface area contributed by atoms with E-state index in [1.165, 1.54) is 0 Å². The van der Waals surface area contributed by atoms with Crippen molar-refractivity contribution in [2.75, 3.05) is 11.9 Å². The van der Waals surface area contributed by atoms with Crippen molar-refractivity contribution < 1.29 is 9.53 Å². The number of benzene rings is 1. The molecule has 0 saturated carbocycles. The Morgan fingerprint density at radius 2 is 2.47 bits per heavy atom. The Hall–Kier alpha value is -1.46. The van der Waals surface area contributed by atoms with E-state index in [2.05, 4.69) is 10.3 Å². The molecule has 0 bridgehead atoms. The normalized spacial score (nSPS) is 19.6. The molecule has 1 N–H and O–H groups in total. The minimum atomic E-state index is -0.285. The van der Waals surface area contributed by atoms with Crippen LogP contribution in [0.15, 0.2) is 23.7 Å². The van der Waals surface area contributed by atoms with Crippen LogP contribution < -0.4 is 5.32 Å². The highest BCUT2D eigenvalue weighted by atomic mass is 32.1. The first-order valence-electron chi connectivity index (χ1n) is 5.59. The number of fused-ring (bicyclic) bond motifs is 1. The number of hydrogen-bond acceptors (Lipinski definition) is 4. The minimum Gasteiger partial charge on any atom is -0.368 e. The highest BCUT2D eigenvalue weighted by Gasteiger charge is 2.23. The Morgan fingerprint density at radius 1 is 1.53 bits per heavy atom. The van der Waals surface area contributed by atoms with Crippen molar-refractivity contribution in [1.82, 2.24) is 4.98 Å². The molecule has 1 fully saturated rings. The van der Waals surface area contributed by atoms with Crippen LogP contribution in [0.2, 0.25) is 0 Å². The van der Waals surface area contributed by atoms with E-state index >= 15 is 0 Å². The van der Waals surface area contributed by atoms with Crippen molar-refractivity contribution in [3.8, 4) is 0 Å². The maximum Gasteiger partial charge on any atom is 0.253 e. The number of nitrogens with one attached hydrogen (secondary N) is 1. The lowest BCUT2D eigenvalue weighted by molar-refractivity contribution is -0.124. The maximum atomic E-state index is 11.8. The second-order valence-corrected chi connectivity index (χ2v) is 4.91. The number of aromatic nitrogens is 1. The quantitative estimate of drug-likeness (QED) is 0.888. The SMILES string of the molecule is O=C(Nc1ccc2ncsc2c1)C1CCCO1. The van der Waals surface area contributed by atoms with Crippen LogP contribution in [0.5, 0.6) is 0 Å². The molecule has 1 atom stereocenters. The third-order valence-corrected chi connectivity index (χ3v) is 3.61. The van der Waals surface area contributed by atoms with Gasteiger partial charge in [-0.1, -0.05) is 0 Å². The first-order valence-corrected chi connectivity index (χ1v) is 6.46. The van der Waals surface area contributed by atoms with Gasteiger partial charge < -0.3 is 10.1 Å². The van der Waals surface area contributed by atoms with Crippen LogP contribution in [0, 0.1) is 0 Å². The number of hydrogen-bond donors (Lipinski definition) is 1. The number of carbonyl (C=O) groups is 1. The first kappa shape index (κ1) is 10.7. The van der Waals surface area contributed by atoms with Crippen molar-refractivity contribution >= 4 is 33.1 Å². The van der Waals surface area contributed by atoms with E-state index in [0.29, 0.717) is 6.61 Å². The fourth-order valence-corrected chi connectivity index (χ4v) is 2.66. The molecule has 1 aliphatic heterocycles. The molecule has 3 rings (SSSR count).